The highest BCUT2D eigenvalue weighted by molar-refractivity contribution is 4.85. The van der Waals surface area contributed by atoms with Gasteiger partial charge in [-0.25, -0.2) is 0 Å². The molecule has 1 N–H and O–H groups in total. The number of hydrogen-bond donors (Lipinski definition) is 1. The quantitative estimate of drug-likeness (QED) is 0.709. The van der Waals surface area contributed by atoms with Gasteiger partial charge in [-0.15, -0.1) is 0 Å². The summed E-state index contributed by atoms with van der Waals surface area (Å²) >= 11 is 0. The van der Waals surface area contributed by atoms with Crippen LogP contribution in [0.15, 0.2) is 0 Å². The molecule has 2 rings (SSSR count). The summed E-state index contributed by atoms with van der Waals surface area (Å²) in [4.78, 5) is 0. The molecule has 0 aromatic carbocycles. The average Bonchev–Trinajstić information content (AvgIpc) is 2.82. The smallest absolute Gasteiger partial charge is 0.00684 e. The minimum atomic E-state index is 0.525. The topological polar surface area (TPSA) is 12.0 Å². The van der Waals surface area contributed by atoms with Gasteiger partial charge >= 0.3 is 0 Å². The van der Waals surface area contributed by atoms with E-state index >= 15 is 0 Å². The van der Waals surface area contributed by atoms with Gasteiger partial charge in [0.05, 0.1) is 0 Å². The molecular formula is C13H25N. The van der Waals surface area contributed by atoms with Gasteiger partial charge in [0.1, 0.15) is 0 Å². The fourth-order valence-electron chi connectivity index (χ4n) is 2.78. The normalized spacial score (nSPS) is 24.4. The molecule has 2 saturated carbocycles. The molecule has 0 spiro atoms. The van der Waals surface area contributed by atoms with E-state index in [0.717, 1.165) is 12.0 Å². The van der Waals surface area contributed by atoms with E-state index in [1.165, 1.54) is 51.5 Å². The van der Waals surface area contributed by atoms with Crippen molar-refractivity contribution in [2.75, 3.05) is 6.54 Å². The van der Waals surface area contributed by atoms with Crippen LogP contribution in [0.25, 0.3) is 0 Å². The van der Waals surface area contributed by atoms with Gasteiger partial charge in [-0.2, -0.15) is 0 Å². The van der Waals surface area contributed by atoms with Crippen LogP contribution < -0.4 is 5.32 Å². The van der Waals surface area contributed by atoms with Gasteiger partial charge < -0.3 is 5.32 Å². The molecule has 2 aliphatic carbocycles. The van der Waals surface area contributed by atoms with Crippen LogP contribution in [0.5, 0.6) is 0 Å². The predicted octanol–water partition coefficient (Wildman–Crippen LogP) is 3.34. The van der Waals surface area contributed by atoms with Crippen molar-refractivity contribution < 1.29 is 0 Å². The van der Waals surface area contributed by atoms with Gasteiger partial charge in [0.25, 0.3) is 0 Å². The largest absolute Gasteiger partial charge is 0.313 e. The van der Waals surface area contributed by atoms with Crippen molar-refractivity contribution in [1.29, 1.82) is 0 Å². The van der Waals surface area contributed by atoms with E-state index in [1.807, 2.05) is 0 Å². The summed E-state index contributed by atoms with van der Waals surface area (Å²) in [6, 6.07) is 0.873. The summed E-state index contributed by atoms with van der Waals surface area (Å²) in [5.41, 5.74) is 0.525. The highest BCUT2D eigenvalue weighted by Crippen LogP contribution is 2.35. The molecule has 14 heavy (non-hydrogen) atoms. The first-order valence-corrected chi connectivity index (χ1v) is 6.39. The third kappa shape index (κ3) is 3.27. The first-order valence-electron chi connectivity index (χ1n) is 6.39. The minimum Gasteiger partial charge on any atom is -0.313 e. The highest BCUT2D eigenvalue weighted by Gasteiger charge is 2.28. The minimum absolute atomic E-state index is 0.525. The Morgan fingerprint density at radius 1 is 1.07 bits per heavy atom. The molecule has 0 aliphatic heterocycles. The maximum atomic E-state index is 3.67. The van der Waals surface area contributed by atoms with Gasteiger partial charge in [0, 0.05) is 12.6 Å². The van der Waals surface area contributed by atoms with Crippen LogP contribution in [0, 0.1) is 11.3 Å². The van der Waals surface area contributed by atoms with Crippen LogP contribution in [-0.4, -0.2) is 12.6 Å². The first-order chi connectivity index (χ1) is 6.66. The van der Waals surface area contributed by atoms with Crippen LogP contribution in [0.1, 0.15) is 58.8 Å². The van der Waals surface area contributed by atoms with Crippen molar-refractivity contribution >= 4 is 0 Å². The van der Waals surface area contributed by atoms with Crippen molar-refractivity contribution in [2.24, 2.45) is 11.3 Å². The van der Waals surface area contributed by atoms with Crippen molar-refractivity contribution in [3.05, 3.63) is 0 Å². The molecule has 0 bridgehead atoms. The third-order valence-electron chi connectivity index (χ3n) is 3.76. The molecule has 0 radical (unpaired) electrons. The average molecular weight is 195 g/mol. The molecule has 0 saturated heterocycles. The van der Waals surface area contributed by atoms with E-state index in [-0.39, 0.29) is 0 Å². The molecule has 0 amide bonds. The highest BCUT2D eigenvalue weighted by atomic mass is 15.0. The lowest BCUT2D eigenvalue weighted by Crippen LogP contribution is -2.32. The Kier molecular flexibility index (Phi) is 3.16. The Balaban J connectivity index is 1.69. The Morgan fingerprint density at radius 3 is 2.29 bits per heavy atom. The lowest BCUT2D eigenvalue weighted by Gasteiger charge is -2.28. The maximum Gasteiger partial charge on any atom is 0.00684 e. The van der Waals surface area contributed by atoms with E-state index in [2.05, 4.69) is 19.2 Å². The second kappa shape index (κ2) is 4.22. The summed E-state index contributed by atoms with van der Waals surface area (Å²) in [7, 11) is 0. The molecule has 0 aromatic rings. The fourth-order valence-corrected chi connectivity index (χ4v) is 2.78. The van der Waals surface area contributed by atoms with Crippen LogP contribution in [0.4, 0.5) is 0 Å². The Morgan fingerprint density at radius 2 is 1.71 bits per heavy atom. The fraction of sp³-hybridized carbons (Fsp3) is 1.00. The number of rotatable bonds is 5. The lowest BCUT2D eigenvalue weighted by molar-refractivity contribution is 0.256. The lowest BCUT2D eigenvalue weighted by atomic mass is 9.82. The van der Waals surface area contributed by atoms with Crippen LogP contribution in [0.2, 0.25) is 0 Å². The summed E-state index contributed by atoms with van der Waals surface area (Å²) in [5.74, 6) is 1.03. The van der Waals surface area contributed by atoms with Gasteiger partial charge in [-0.1, -0.05) is 39.5 Å². The standard InChI is InChI=1S/C13H25N/c1-13(2,10-14-12-7-8-12)9-11-5-3-4-6-11/h11-12,14H,3-10H2,1-2H3. The summed E-state index contributed by atoms with van der Waals surface area (Å²) in [6.07, 6.45) is 10.2. The van der Waals surface area contributed by atoms with Crippen molar-refractivity contribution in [2.45, 2.75) is 64.8 Å². The molecule has 2 fully saturated rings. The monoisotopic (exact) mass is 195 g/mol. The van der Waals surface area contributed by atoms with Crippen molar-refractivity contribution in [1.82, 2.24) is 5.32 Å². The molecule has 0 atom stereocenters. The Hall–Kier alpha value is -0.0400. The van der Waals surface area contributed by atoms with Crippen molar-refractivity contribution in [3.8, 4) is 0 Å². The summed E-state index contributed by atoms with van der Waals surface area (Å²) in [6.45, 7) is 6.09. The Bertz CT molecular complexity index is 176. The molecular weight excluding hydrogens is 170 g/mol. The van der Waals surface area contributed by atoms with Gasteiger partial charge in [-0.05, 0) is 30.6 Å². The summed E-state index contributed by atoms with van der Waals surface area (Å²) in [5, 5.41) is 3.67. The van der Waals surface area contributed by atoms with E-state index in [9.17, 15) is 0 Å². The SMILES string of the molecule is CC(C)(CNC1CC1)CC1CCCC1. The van der Waals surface area contributed by atoms with Crippen LogP contribution in [0.3, 0.4) is 0 Å². The van der Waals surface area contributed by atoms with E-state index in [1.54, 1.807) is 0 Å². The first kappa shape index (κ1) is 10.5. The molecule has 0 aromatic heterocycles. The van der Waals surface area contributed by atoms with E-state index < -0.39 is 0 Å². The van der Waals surface area contributed by atoms with E-state index in [0.29, 0.717) is 5.41 Å². The molecule has 1 heteroatoms. The number of nitrogens with one attached hydrogen (secondary N) is 1. The molecule has 82 valence electrons. The maximum absolute atomic E-state index is 3.67. The van der Waals surface area contributed by atoms with Crippen LogP contribution >= 0.6 is 0 Å². The van der Waals surface area contributed by atoms with Gasteiger partial charge in [0.2, 0.25) is 0 Å². The zero-order chi connectivity index (χ0) is 10.0. The van der Waals surface area contributed by atoms with Gasteiger partial charge in [-0.3, -0.25) is 0 Å². The number of hydrogen-bond acceptors (Lipinski definition) is 1. The van der Waals surface area contributed by atoms with E-state index in [4.69, 9.17) is 0 Å². The second-order valence-electron chi connectivity index (χ2n) is 6.17. The second-order valence-corrected chi connectivity index (χ2v) is 6.17. The molecule has 0 unspecified atom stereocenters. The predicted molar refractivity (Wildman–Crippen MR) is 61.4 cm³/mol. The molecule has 2 aliphatic rings. The third-order valence-corrected chi connectivity index (χ3v) is 3.76. The zero-order valence-corrected chi connectivity index (χ0v) is 9.81. The zero-order valence-electron chi connectivity index (χ0n) is 9.81. The van der Waals surface area contributed by atoms with Gasteiger partial charge in [0.15, 0.2) is 0 Å². The Labute approximate surface area is 88.7 Å². The summed E-state index contributed by atoms with van der Waals surface area (Å²) < 4.78 is 0. The molecule has 1 nitrogen and oxygen atoms in total. The van der Waals surface area contributed by atoms with Crippen LogP contribution in [-0.2, 0) is 0 Å². The van der Waals surface area contributed by atoms with Crippen molar-refractivity contribution in [3.63, 3.8) is 0 Å². The molecule has 0 heterocycles.